The van der Waals surface area contributed by atoms with Crippen molar-refractivity contribution in [2.45, 2.75) is 19.4 Å². The Morgan fingerprint density at radius 1 is 1.31 bits per heavy atom. The number of hydrogen-bond acceptors (Lipinski definition) is 5. The molecule has 1 atom stereocenters. The molecule has 1 aromatic carbocycles. The first-order valence-electron chi connectivity index (χ1n) is 8.66. The summed E-state index contributed by atoms with van der Waals surface area (Å²) in [5.41, 5.74) is 0.770. The molecule has 1 amide bonds. The summed E-state index contributed by atoms with van der Waals surface area (Å²) in [7, 11) is 0. The Balaban J connectivity index is 1.41. The van der Waals surface area contributed by atoms with Crippen LogP contribution in [0.4, 0.5) is 5.82 Å². The number of ether oxygens (including phenoxy) is 3. The highest BCUT2D eigenvalue weighted by molar-refractivity contribution is 6.32. The molecule has 1 aromatic heterocycles. The van der Waals surface area contributed by atoms with E-state index in [4.69, 9.17) is 25.8 Å². The van der Waals surface area contributed by atoms with E-state index in [1.54, 1.807) is 24.4 Å². The van der Waals surface area contributed by atoms with E-state index >= 15 is 0 Å². The predicted molar refractivity (Wildman–Crippen MR) is 95.9 cm³/mol. The molecule has 3 heterocycles. The molecule has 8 heteroatoms. The molecule has 1 unspecified atom stereocenters. The molecule has 138 valence electrons. The fourth-order valence-corrected chi connectivity index (χ4v) is 3.48. The molecule has 7 nitrogen and oxygen atoms in total. The molecule has 2 aliphatic heterocycles. The highest BCUT2D eigenvalue weighted by Crippen LogP contribution is 2.38. The first kappa shape index (κ1) is 17.2. The van der Waals surface area contributed by atoms with Gasteiger partial charge in [0.1, 0.15) is 19.0 Å². The minimum absolute atomic E-state index is 0.137. The fourth-order valence-electron chi connectivity index (χ4n) is 3.19. The molecule has 1 saturated heterocycles. The molecule has 0 bridgehead atoms. The van der Waals surface area contributed by atoms with Crippen LogP contribution < -0.4 is 14.8 Å². The number of carbonyl (C=O) groups is 1. The molecule has 0 radical (unpaired) electrons. The van der Waals surface area contributed by atoms with Gasteiger partial charge >= 0.3 is 0 Å². The standard InChI is InChI=1S/C18H20ClN3O4/c19-14-7-13(8-15-18(14)26-6-5-25-15)9-17(23)21-16-1-3-20-22(16)10-12-2-4-24-11-12/h1,3,7-8,12H,2,4-6,9-11H2,(H,21,23). The molecule has 0 saturated carbocycles. The summed E-state index contributed by atoms with van der Waals surface area (Å²) in [6.45, 7) is 3.21. The molecule has 4 rings (SSSR count). The van der Waals surface area contributed by atoms with E-state index in [-0.39, 0.29) is 12.3 Å². The van der Waals surface area contributed by atoms with E-state index < -0.39 is 0 Å². The first-order chi connectivity index (χ1) is 12.7. The van der Waals surface area contributed by atoms with E-state index in [0.29, 0.717) is 41.5 Å². The molecule has 0 aliphatic carbocycles. The summed E-state index contributed by atoms with van der Waals surface area (Å²) in [5, 5.41) is 7.67. The third kappa shape index (κ3) is 3.78. The lowest BCUT2D eigenvalue weighted by atomic mass is 10.1. The lowest BCUT2D eigenvalue weighted by molar-refractivity contribution is -0.115. The van der Waals surface area contributed by atoms with E-state index in [9.17, 15) is 4.79 Å². The second-order valence-electron chi connectivity index (χ2n) is 6.45. The maximum Gasteiger partial charge on any atom is 0.229 e. The van der Waals surface area contributed by atoms with Crippen molar-refractivity contribution in [3.8, 4) is 11.5 Å². The molecule has 2 aliphatic rings. The highest BCUT2D eigenvalue weighted by Gasteiger charge is 2.20. The van der Waals surface area contributed by atoms with Crippen molar-refractivity contribution >= 4 is 23.3 Å². The van der Waals surface area contributed by atoms with Crippen LogP contribution in [0.5, 0.6) is 11.5 Å². The monoisotopic (exact) mass is 377 g/mol. The van der Waals surface area contributed by atoms with Crippen LogP contribution in [0.15, 0.2) is 24.4 Å². The minimum atomic E-state index is -0.137. The van der Waals surface area contributed by atoms with Gasteiger partial charge in [-0.3, -0.25) is 4.79 Å². The van der Waals surface area contributed by atoms with Crippen LogP contribution in [0.2, 0.25) is 5.02 Å². The lowest BCUT2D eigenvalue weighted by Gasteiger charge is -2.20. The predicted octanol–water partition coefficient (Wildman–Crippen LogP) is 2.53. The number of carbonyl (C=O) groups excluding carboxylic acids is 1. The van der Waals surface area contributed by atoms with Crippen LogP contribution >= 0.6 is 11.6 Å². The van der Waals surface area contributed by atoms with Gasteiger partial charge in [0.05, 0.1) is 24.2 Å². The van der Waals surface area contributed by atoms with Gasteiger partial charge in [0, 0.05) is 25.1 Å². The summed E-state index contributed by atoms with van der Waals surface area (Å²) in [6, 6.07) is 5.33. The van der Waals surface area contributed by atoms with Gasteiger partial charge in [0.15, 0.2) is 11.5 Å². The first-order valence-corrected chi connectivity index (χ1v) is 9.04. The number of nitrogens with zero attached hydrogens (tertiary/aromatic N) is 2. The number of hydrogen-bond donors (Lipinski definition) is 1. The Morgan fingerprint density at radius 2 is 2.19 bits per heavy atom. The molecular formula is C18H20ClN3O4. The van der Waals surface area contributed by atoms with Gasteiger partial charge < -0.3 is 19.5 Å². The van der Waals surface area contributed by atoms with Crippen molar-refractivity contribution in [1.82, 2.24) is 9.78 Å². The van der Waals surface area contributed by atoms with Gasteiger partial charge in [-0.25, -0.2) is 4.68 Å². The van der Waals surface area contributed by atoms with E-state index in [1.165, 1.54) is 0 Å². The maximum absolute atomic E-state index is 12.5. The van der Waals surface area contributed by atoms with Crippen LogP contribution in [0.3, 0.4) is 0 Å². The smallest absolute Gasteiger partial charge is 0.229 e. The molecule has 0 spiro atoms. The lowest BCUT2D eigenvalue weighted by Crippen LogP contribution is -2.20. The summed E-state index contributed by atoms with van der Waals surface area (Å²) in [4.78, 5) is 12.5. The van der Waals surface area contributed by atoms with Crippen molar-refractivity contribution < 1.29 is 19.0 Å². The molecule has 2 aromatic rings. The summed E-state index contributed by atoms with van der Waals surface area (Å²) in [6.07, 6.45) is 2.89. The fraction of sp³-hybridized carbons (Fsp3) is 0.444. The third-order valence-corrected chi connectivity index (χ3v) is 4.74. The average Bonchev–Trinajstić information content (AvgIpc) is 3.28. The highest BCUT2D eigenvalue weighted by atomic mass is 35.5. The van der Waals surface area contributed by atoms with Crippen LogP contribution in [0, 0.1) is 5.92 Å². The van der Waals surface area contributed by atoms with Crippen molar-refractivity contribution in [2.24, 2.45) is 5.92 Å². The summed E-state index contributed by atoms with van der Waals surface area (Å²) in [5.74, 6) is 2.10. The second kappa shape index (κ2) is 7.55. The summed E-state index contributed by atoms with van der Waals surface area (Å²) < 4.78 is 18.3. The zero-order chi connectivity index (χ0) is 17.9. The molecule has 26 heavy (non-hydrogen) atoms. The zero-order valence-electron chi connectivity index (χ0n) is 14.2. The number of nitrogens with one attached hydrogen (secondary N) is 1. The van der Waals surface area contributed by atoms with Crippen molar-refractivity contribution in [2.75, 3.05) is 31.7 Å². The second-order valence-corrected chi connectivity index (χ2v) is 6.86. The number of amides is 1. The Kier molecular flexibility index (Phi) is 4.99. The SMILES string of the molecule is O=C(Cc1cc(Cl)c2c(c1)OCCO2)Nc1ccnn1CC1CCOC1. The van der Waals surface area contributed by atoms with Crippen molar-refractivity contribution in [3.05, 3.63) is 35.0 Å². The third-order valence-electron chi connectivity index (χ3n) is 4.46. The van der Waals surface area contributed by atoms with Gasteiger partial charge in [-0.05, 0) is 24.1 Å². The summed E-state index contributed by atoms with van der Waals surface area (Å²) >= 11 is 6.23. The largest absolute Gasteiger partial charge is 0.486 e. The van der Waals surface area contributed by atoms with E-state index in [2.05, 4.69) is 10.4 Å². The number of benzene rings is 1. The van der Waals surface area contributed by atoms with Crippen LogP contribution in [-0.2, 0) is 22.5 Å². The van der Waals surface area contributed by atoms with Crippen molar-refractivity contribution in [1.29, 1.82) is 0 Å². The van der Waals surface area contributed by atoms with Crippen molar-refractivity contribution in [3.63, 3.8) is 0 Å². The Labute approximate surface area is 156 Å². The number of anilines is 1. The number of aromatic nitrogens is 2. The normalized spacial score (nSPS) is 18.7. The average molecular weight is 378 g/mol. The number of fused-ring (bicyclic) bond motifs is 1. The van der Waals surface area contributed by atoms with E-state index in [0.717, 1.165) is 31.7 Å². The minimum Gasteiger partial charge on any atom is -0.486 e. The van der Waals surface area contributed by atoms with Crippen LogP contribution in [0.25, 0.3) is 0 Å². The Morgan fingerprint density at radius 3 is 3.04 bits per heavy atom. The molecular weight excluding hydrogens is 358 g/mol. The Bertz CT molecular complexity index is 802. The number of halogens is 1. The molecule has 1 fully saturated rings. The van der Waals surface area contributed by atoms with Crippen LogP contribution in [-0.4, -0.2) is 42.1 Å². The van der Waals surface area contributed by atoms with Gasteiger partial charge in [0.25, 0.3) is 0 Å². The van der Waals surface area contributed by atoms with Gasteiger partial charge in [-0.2, -0.15) is 5.10 Å². The quantitative estimate of drug-likeness (QED) is 0.866. The van der Waals surface area contributed by atoms with Gasteiger partial charge in [0.2, 0.25) is 5.91 Å². The maximum atomic E-state index is 12.5. The molecule has 1 N–H and O–H groups in total. The van der Waals surface area contributed by atoms with Crippen LogP contribution in [0.1, 0.15) is 12.0 Å². The Hall–Kier alpha value is -2.25. The van der Waals surface area contributed by atoms with Gasteiger partial charge in [-0.1, -0.05) is 11.6 Å². The topological polar surface area (TPSA) is 74.6 Å². The number of rotatable bonds is 5. The zero-order valence-corrected chi connectivity index (χ0v) is 15.0. The van der Waals surface area contributed by atoms with Gasteiger partial charge in [-0.15, -0.1) is 0 Å². The van der Waals surface area contributed by atoms with E-state index in [1.807, 2.05) is 4.68 Å².